The number of carbonyl (C=O) groups is 1. The summed E-state index contributed by atoms with van der Waals surface area (Å²) < 4.78 is 46.5. The van der Waals surface area contributed by atoms with Crippen LogP contribution in [-0.2, 0) is 4.74 Å². The lowest BCUT2D eigenvalue weighted by Crippen LogP contribution is -2.45. The molecule has 0 fully saturated rings. The van der Waals surface area contributed by atoms with Gasteiger partial charge in [0.15, 0.2) is 0 Å². The molecule has 23 heavy (non-hydrogen) atoms. The van der Waals surface area contributed by atoms with Crippen molar-refractivity contribution in [2.45, 2.75) is 45.8 Å². The Labute approximate surface area is 134 Å². The third kappa shape index (κ3) is 4.18. The molecule has 0 saturated heterocycles. The third-order valence-electron chi connectivity index (χ3n) is 3.39. The van der Waals surface area contributed by atoms with Gasteiger partial charge in [-0.2, -0.15) is 0 Å². The highest BCUT2D eigenvalue weighted by atomic mass is 28.3. The van der Waals surface area contributed by atoms with Gasteiger partial charge in [-0.25, -0.2) is 4.79 Å². The van der Waals surface area contributed by atoms with Crippen molar-refractivity contribution in [2.24, 2.45) is 0 Å². The fourth-order valence-corrected chi connectivity index (χ4v) is 5.24. The second kappa shape index (κ2) is 5.43. The summed E-state index contributed by atoms with van der Waals surface area (Å²) in [7, 11) is -2.09. The van der Waals surface area contributed by atoms with Crippen LogP contribution in [0.1, 0.15) is 20.8 Å². The predicted octanol–water partition coefficient (Wildman–Crippen LogP) is 3.79. The molecule has 1 aromatic rings. The van der Waals surface area contributed by atoms with Gasteiger partial charge < -0.3 is 9.47 Å². The molecule has 0 atom stereocenters. The number of benzene rings is 1. The van der Waals surface area contributed by atoms with Crippen molar-refractivity contribution in [1.82, 2.24) is 0 Å². The van der Waals surface area contributed by atoms with E-state index in [0.717, 1.165) is 5.19 Å². The number of hydrogen-bond donors (Lipinski definition) is 0. The molecule has 1 amide bonds. The zero-order valence-corrected chi connectivity index (χ0v) is 14.7. The Hall–Kier alpha value is -1.70. The largest absolute Gasteiger partial charge is 0.573 e. The van der Waals surface area contributed by atoms with E-state index in [2.05, 4.69) is 4.74 Å². The van der Waals surface area contributed by atoms with Crippen molar-refractivity contribution in [2.75, 3.05) is 11.1 Å². The first-order chi connectivity index (χ1) is 10.3. The number of amides is 1. The molecule has 0 bridgehead atoms. The lowest BCUT2D eigenvalue weighted by molar-refractivity contribution is -0.274. The van der Waals surface area contributed by atoms with E-state index in [1.807, 2.05) is 13.1 Å². The van der Waals surface area contributed by atoms with Crippen molar-refractivity contribution in [3.05, 3.63) is 18.2 Å². The quantitative estimate of drug-likeness (QED) is 0.726. The van der Waals surface area contributed by atoms with E-state index < -0.39 is 26.1 Å². The fourth-order valence-electron chi connectivity index (χ4n) is 2.54. The molecule has 2 rings (SSSR count). The van der Waals surface area contributed by atoms with Crippen LogP contribution in [0, 0.1) is 0 Å². The first kappa shape index (κ1) is 17.6. The van der Waals surface area contributed by atoms with Gasteiger partial charge in [-0.15, -0.1) is 13.2 Å². The maximum absolute atomic E-state index is 12.4. The van der Waals surface area contributed by atoms with Crippen molar-refractivity contribution in [1.29, 1.82) is 0 Å². The van der Waals surface area contributed by atoms with Gasteiger partial charge >= 0.3 is 12.5 Å². The Balaban J connectivity index is 2.34. The highest BCUT2D eigenvalue weighted by molar-refractivity contribution is 6.93. The molecule has 0 spiro atoms. The minimum absolute atomic E-state index is 0.261. The van der Waals surface area contributed by atoms with Gasteiger partial charge in [-0.3, -0.25) is 4.90 Å². The van der Waals surface area contributed by atoms with E-state index in [1.165, 1.54) is 23.1 Å². The molecular formula is C15H20F3NO3Si. The first-order valence-electron chi connectivity index (χ1n) is 7.19. The zero-order valence-electron chi connectivity index (χ0n) is 13.7. The second-order valence-corrected chi connectivity index (χ2v) is 11.8. The SMILES string of the molecule is CC(C)(C)OC(=O)N1C[Si](C)(C)c2cc(OC(F)(F)F)ccc21. The summed E-state index contributed by atoms with van der Waals surface area (Å²) in [6.07, 6.45) is -4.75. The maximum Gasteiger partial charge on any atom is 0.573 e. The van der Waals surface area contributed by atoms with Gasteiger partial charge in [0.05, 0.1) is 0 Å². The van der Waals surface area contributed by atoms with Crippen LogP contribution in [0.25, 0.3) is 0 Å². The van der Waals surface area contributed by atoms with Crippen LogP contribution < -0.4 is 14.8 Å². The summed E-state index contributed by atoms with van der Waals surface area (Å²) in [4.78, 5) is 13.8. The topological polar surface area (TPSA) is 38.8 Å². The van der Waals surface area contributed by atoms with Crippen LogP contribution in [0.4, 0.5) is 23.7 Å². The molecule has 0 unspecified atom stereocenters. The average molecular weight is 347 g/mol. The molecule has 1 aliphatic rings. The van der Waals surface area contributed by atoms with E-state index >= 15 is 0 Å². The Morgan fingerprint density at radius 3 is 2.35 bits per heavy atom. The number of hydrogen-bond acceptors (Lipinski definition) is 3. The fraction of sp³-hybridized carbons (Fsp3) is 0.533. The third-order valence-corrected chi connectivity index (χ3v) is 6.35. The van der Waals surface area contributed by atoms with Gasteiger partial charge in [0.2, 0.25) is 0 Å². The first-order valence-corrected chi connectivity index (χ1v) is 10.4. The molecule has 0 aliphatic carbocycles. The molecule has 128 valence electrons. The van der Waals surface area contributed by atoms with Gasteiger partial charge in [0, 0.05) is 11.9 Å². The summed E-state index contributed by atoms with van der Waals surface area (Å²) in [6.45, 7) is 9.29. The number of alkyl halides is 3. The predicted molar refractivity (Wildman–Crippen MR) is 83.8 cm³/mol. The van der Waals surface area contributed by atoms with E-state index in [4.69, 9.17) is 4.74 Å². The van der Waals surface area contributed by atoms with Crippen LogP contribution in [0.5, 0.6) is 5.75 Å². The maximum atomic E-state index is 12.4. The molecule has 0 N–H and O–H groups in total. The van der Waals surface area contributed by atoms with Crippen molar-refractivity contribution < 1.29 is 27.4 Å². The van der Waals surface area contributed by atoms with Crippen LogP contribution in [0.15, 0.2) is 18.2 Å². The van der Waals surface area contributed by atoms with Crippen LogP contribution >= 0.6 is 0 Å². The number of carbonyl (C=O) groups excluding carboxylic acids is 1. The van der Waals surface area contributed by atoms with Crippen molar-refractivity contribution >= 4 is 25.0 Å². The van der Waals surface area contributed by atoms with Gasteiger partial charge in [0.1, 0.15) is 19.4 Å². The molecule has 1 aromatic carbocycles. The second-order valence-electron chi connectivity index (χ2n) is 7.18. The highest BCUT2D eigenvalue weighted by Crippen LogP contribution is 2.31. The Morgan fingerprint density at radius 1 is 1.22 bits per heavy atom. The Kier molecular flexibility index (Phi) is 4.17. The summed E-state index contributed by atoms with van der Waals surface area (Å²) in [5.41, 5.74) is -0.0318. The van der Waals surface area contributed by atoms with Gasteiger partial charge in [-0.05, 0) is 44.2 Å². The Bertz CT molecular complexity index is 623. The monoisotopic (exact) mass is 347 g/mol. The van der Waals surface area contributed by atoms with Crippen molar-refractivity contribution in [3.8, 4) is 5.75 Å². The van der Waals surface area contributed by atoms with Gasteiger partial charge in [0.25, 0.3) is 0 Å². The van der Waals surface area contributed by atoms with E-state index in [-0.39, 0.29) is 5.75 Å². The van der Waals surface area contributed by atoms with Crippen molar-refractivity contribution in [3.63, 3.8) is 0 Å². The molecule has 0 radical (unpaired) electrons. The summed E-state index contributed by atoms with van der Waals surface area (Å²) in [5.74, 6) is -0.261. The highest BCUT2D eigenvalue weighted by Gasteiger charge is 2.42. The summed E-state index contributed by atoms with van der Waals surface area (Å²) in [6, 6.07) is 4.10. The Morgan fingerprint density at radius 2 is 1.83 bits per heavy atom. The minimum Gasteiger partial charge on any atom is -0.443 e. The number of fused-ring (bicyclic) bond motifs is 1. The zero-order chi connectivity index (χ0) is 17.6. The number of halogens is 3. The molecule has 0 aromatic heterocycles. The van der Waals surface area contributed by atoms with E-state index in [9.17, 15) is 18.0 Å². The summed E-state index contributed by atoms with van der Waals surface area (Å²) in [5, 5.41) is 0.755. The number of rotatable bonds is 1. The van der Waals surface area contributed by atoms with E-state index in [0.29, 0.717) is 11.9 Å². The van der Waals surface area contributed by atoms with Crippen LogP contribution in [-0.4, -0.2) is 32.3 Å². The lowest BCUT2D eigenvalue weighted by atomic mass is 10.2. The van der Waals surface area contributed by atoms with Gasteiger partial charge in [-0.1, -0.05) is 13.1 Å². The van der Waals surface area contributed by atoms with Crippen LogP contribution in [0.2, 0.25) is 13.1 Å². The number of nitrogens with zero attached hydrogens (tertiary/aromatic N) is 1. The standard InChI is InChI=1S/C15H20F3NO3Si/c1-14(2,3)22-13(20)19-9-23(4,5)12-8-10(6-7-11(12)19)21-15(16,17)18/h6-8H,9H2,1-5H3. The molecule has 1 aliphatic heterocycles. The lowest BCUT2D eigenvalue weighted by Gasteiger charge is -2.25. The molecular weight excluding hydrogens is 327 g/mol. The molecule has 1 heterocycles. The molecule has 4 nitrogen and oxygen atoms in total. The number of anilines is 1. The van der Waals surface area contributed by atoms with E-state index in [1.54, 1.807) is 20.8 Å². The average Bonchev–Trinajstić information content (AvgIpc) is 2.57. The van der Waals surface area contributed by atoms with Crippen LogP contribution in [0.3, 0.4) is 0 Å². The molecule has 8 heteroatoms. The summed E-state index contributed by atoms with van der Waals surface area (Å²) >= 11 is 0. The normalized spacial score (nSPS) is 17.0. The number of ether oxygens (including phenoxy) is 2. The molecule has 0 saturated carbocycles. The minimum atomic E-state index is -4.73. The smallest absolute Gasteiger partial charge is 0.443 e.